The summed E-state index contributed by atoms with van der Waals surface area (Å²) >= 11 is 0. The van der Waals surface area contributed by atoms with Gasteiger partial charge in [-0.1, -0.05) is 19.1 Å². The van der Waals surface area contributed by atoms with Crippen molar-refractivity contribution in [1.82, 2.24) is 14.4 Å². The van der Waals surface area contributed by atoms with E-state index in [0.717, 1.165) is 34.3 Å². The van der Waals surface area contributed by atoms with Gasteiger partial charge in [0.05, 0.1) is 11.4 Å². The number of carbonyl (C=O) groups excluding carboxylic acids is 1. The Morgan fingerprint density at radius 2 is 2.00 bits per heavy atom. The number of sulfonamides is 1. The molecule has 3 rings (SSSR count). The maximum absolute atomic E-state index is 12.6. The molecule has 0 spiro atoms. The van der Waals surface area contributed by atoms with Gasteiger partial charge in [-0.05, 0) is 46.3 Å². The number of pyridine rings is 1. The smallest absolute Gasteiger partial charge is 0.314 e. The summed E-state index contributed by atoms with van der Waals surface area (Å²) in [6, 6.07) is 10.3. The maximum atomic E-state index is 12.6. The monoisotopic (exact) mass is 388 g/mol. The zero-order chi connectivity index (χ0) is 19.4. The molecule has 0 saturated heterocycles. The fraction of sp³-hybridized carbons (Fsp3) is 0.222. The largest absolute Gasteiger partial charge is 0.356 e. The first-order valence-electron chi connectivity index (χ1n) is 8.41. The van der Waals surface area contributed by atoms with Gasteiger partial charge < -0.3 is 15.6 Å². The number of aryl methyl sites for hydroxylation is 1. The number of carbonyl (C=O) groups is 1. The Kier molecular flexibility index (Phi) is 5.54. The van der Waals surface area contributed by atoms with Crippen LogP contribution in [0.1, 0.15) is 12.6 Å². The Bertz CT molecular complexity index is 1040. The first-order valence-corrected chi connectivity index (χ1v) is 9.85. The Balaban J connectivity index is 1.98. The first kappa shape index (κ1) is 19.0. The Hall–Kier alpha value is -2.75. The van der Waals surface area contributed by atoms with Crippen molar-refractivity contribution in [2.45, 2.75) is 18.2 Å². The number of H-pyrrole nitrogens is 1. The molecule has 1 aromatic carbocycles. The van der Waals surface area contributed by atoms with E-state index in [4.69, 9.17) is 5.73 Å². The summed E-state index contributed by atoms with van der Waals surface area (Å²) < 4.78 is 25.8. The molecule has 2 heterocycles. The van der Waals surface area contributed by atoms with Gasteiger partial charge in [0.15, 0.2) is 0 Å². The number of fused-ring (bicyclic) bond motifs is 1. The predicted molar refractivity (Wildman–Crippen MR) is 101 cm³/mol. The highest BCUT2D eigenvalue weighted by Gasteiger charge is 2.25. The second-order valence-corrected chi connectivity index (χ2v) is 7.64. The summed E-state index contributed by atoms with van der Waals surface area (Å²) in [6.07, 6.45) is 2.57. The van der Waals surface area contributed by atoms with Crippen LogP contribution in [0.15, 0.2) is 47.5 Å². The number of benzene rings is 1. The third-order valence-electron chi connectivity index (χ3n) is 4.17. The van der Waals surface area contributed by atoms with Gasteiger partial charge in [0, 0.05) is 23.8 Å². The lowest BCUT2D eigenvalue weighted by Gasteiger charge is -2.18. The van der Waals surface area contributed by atoms with Crippen LogP contribution in [0.3, 0.4) is 0 Å². The summed E-state index contributed by atoms with van der Waals surface area (Å²) in [5, 5.41) is 0.971. The molecule has 8 nitrogen and oxygen atoms in total. The molecule has 3 N–H and O–H groups in total. The Labute approximate surface area is 157 Å². The molecule has 142 valence electrons. The SMILES string of the molecule is CCc1cc2c(-c3ccc(S(=O)(=O)N(CCN)OC=O)cc3)ccnc2[nH]1. The highest BCUT2D eigenvalue weighted by molar-refractivity contribution is 7.89. The lowest BCUT2D eigenvalue weighted by atomic mass is 10.0. The van der Waals surface area contributed by atoms with Crippen LogP contribution in [0.2, 0.25) is 0 Å². The van der Waals surface area contributed by atoms with Crippen molar-refractivity contribution in [3.63, 3.8) is 0 Å². The number of aromatic nitrogens is 2. The molecule has 0 unspecified atom stereocenters. The lowest BCUT2D eigenvalue weighted by molar-refractivity contribution is -0.152. The fourth-order valence-corrected chi connectivity index (χ4v) is 4.04. The minimum atomic E-state index is -3.99. The summed E-state index contributed by atoms with van der Waals surface area (Å²) in [7, 11) is -3.99. The minimum absolute atomic E-state index is 0.00941. The third kappa shape index (κ3) is 3.70. The zero-order valence-electron chi connectivity index (χ0n) is 14.8. The molecule has 0 amide bonds. The molecule has 0 bridgehead atoms. The maximum Gasteiger partial charge on any atom is 0.314 e. The quantitative estimate of drug-likeness (QED) is 0.449. The van der Waals surface area contributed by atoms with Gasteiger partial charge >= 0.3 is 6.47 Å². The van der Waals surface area contributed by atoms with Gasteiger partial charge in [0.25, 0.3) is 10.0 Å². The van der Waals surface area contributed by atoms with Gasteiger partial charge in [-0.15, -0.1) is 0 Å². The highest BCUT2D eigenvalue weighted by atomic mass is 32.2. The van der Waals surface area contributed by atoms with Crippen LogP contribution >= 0.6 is 0 Å². The van der Waals surface area contributed by atoms with Crippen molar-refractivity contribution >= 4 is 27.5 Å². The average molecular weight is 388 g/mol. The summed E-state index contributed by atoms with van der Waals surface area (Å²) in [5.74, 6) is 0. The molecule has 0 fully saturated rings. The fourth-order valence-electron chi connectivity index (χ4n) is 2.83. The zero-order valence-corrected chi connectivity index (χ0v) is 15.6. The van der Waals surface area contributed by atoms with E-state index in [1.165, 1.54) is 12.1 Å². The van der Waals surface area contributed by atoms with E-state index < -0.39 is 10.0 Å². The van der Waals surface area contributed by atoms with Crippen LogP contribution < -0.4 is 5.73 Å². The van der Waals surface area contributed by atoms with Gasteiger partial charge in [-0.3, -0.25) is 4.79 Å². The molecule has 3 aromatic rings. The number of nitrogens with two attached hydrogens (primary N) is 1. The van der Waals surface area contributed by atoms with E-state index in [1.807, 2.05) is 12.1 Å². The van der Waals surface area contributed by atoms with Gasteiger partial charge in [0.1, 0.15) is 5.65 Å². The number of hydrogen-bond acceptors (Lipinski definition) is 6. The summed E-state index contributed by atoms with van der Waals surface area (Å²) in [6.45, 7) is 2.01. The average Bonchev–Trinajstić information content (AvgIpc) is 3.11. The molecule has 0 saturated carbocycles. The van der Waals surface area contributed by atoms with Crippen molar-refractivity contribution in [2.75, 3.05) is 13.1 Å². The third-order valence-corrected chi connectivity index (χ3v) is 5.84. The van der Waals surface area contributed by atoms with Crippen molar-refractivity contribution < 1.29 is 18.0 Å². The van der Waals surface area contributed by atoms with Crippen molar-refractivity contribution in [1.29, 1.82) is 0 Å². The van der Waals surface area contributed by atoms with Gasteiger partial charge in [0.2, 0.25) is 0 Å². The number of rotatable bonds is 8. The first-order chi connectivity index (χ1) is 13.0. The van der Waals surface area contributed by atoms with Crippen LogP contribution in [0.25, 0.3) is 22.2 Å². The van der Waals surface area contributed by atoms with Crippen LogP contribution in [0.5, 0.6) is 0 Å². The molecule has 0 aliphatic rings. The van der Waals surface area contributed by atoms with Gasteiger partial charge in [-0.2, -0.15) is 0 Å². The van der Waals surface area contributed by atoms with Crippen molar-refractivity contribution in [3.8, 4) is 11.1 Å². The van der Waals surface area contributed by atoms with Crippen LogP contribution in [0, 0.1) is 0 Å². The van der Waals surface area contributed by atoms with E-state index in [2.05, 4.69) is 21.7 Å². The molecule has 0 aliphatic carbocycles. The highest BCUT2D eigenvalue weighted by Crippen LogP contribution is 2.29. The molecule has 9 heteroatoms. The van der Waals surface area contributed by atoms with Gasteiger partial charge in [-0.25, -0.2) is 13.4 Å². The second kappa shape index (κ2) is 7.87. The molecule has 27 heavy (non-hydrogen) atoms. The van der Waals surface area contributed by atoms with E-state index >= 15 is 0 Å². The molecule has 0 aliphatic heterocycles. The normalized spacial score (nSPS) is 11.8. The standard InChI is InChI=1S/C18H20N4O4S/c1-2-14-11-17-16(7-9-20-18(17)21-14)13-3-5-15(6-4-13)27(24,25)22(10-8-19)26-12-23/h3-7,9,11-12H,2,8,10,19H2,1H3,(H,20,21). The molecule has 0 radical (unpaired) electrons. The van der Waals surface area contributed by atoms with E-state index in [-0.39, 0.29) is 24.5 Å². The van der Waals surface area contributed by atoms with Crippen LogP contribution in [0.4, 0.5) is 0 Å². The number of nitrogens with one attached hydrogen (secondary N) is 1. The Morgan fingerprint density at radius 3 is 2.63 bits per heavy atom. The van der Waals surface area contributed by atoms with E-state index in [0.29, 0.717) is 4.47 Å². The number of aromatic amines is 1. The molecule has 0 atom stereocenters. The number of nitrogens with zero attached hydrogens (tertiary/aromatic N) is 2. The molecular formula is C18H20N4O4S. The topological polar surface area (TPSA) is 118 Å². The second-order valence-electron chi connectivity index (χ2n) is 5.82. The van der Waals surface area contributed by atoms with Crippen LogP contribution in [-0.2, 0) is 26.1 Å². The van der Waals surface area contributed by atoms with Crippen LogP contribution in [-0.4, -0.2) is 42.4 Å². The van der Waals surface area contributed by atoms with E-state index in [1.54, 1.807) is 18.3 Å². The molecule has 2 aromatic heterocycles. The number of hydroxylamine groups is 1. The Morgan fingerprint density at radius 1 is 1.26 bits per heavy atom. The minimum Gasteiger partial charge on any atom is -0.356 e. The molecular weight excluding hydrogens is 368 g/mol. The predicted octanol–water partition coefficient (Wildman–Crippen LogP) is 1.83. The lowest BCUT2D eigenvalue weighted by Crippen LogP contribution is -2.35. The van der Waals surface area contributed by atoms with E-state index in [9.17, 15) is 13.2 Å². The van der Waals surface area contributed by atoms with Crippen molar-refractivity contribution in [3.05, 3.63) is 48.3 Å². The summed E-state index contributed by atoms with van der Waals surface area (Å²) in [5.41, 5.74) is 9.05. The number of hydrogen-bond donors (Lipinski definition) is 2. The summed E-state index contributed by atoms with van der Waals surface area (Å²) in [4.78, 5) is 22.7. The van der Waals surface area contributed by atoms with Crippen molar-refractivity contribution in [2.24, 2.45) is 5.73 Å².